The summed E-state index contributed by atoms with van der Waals surface area (Å²) in [6.07, 6.45) is 0. The van der Waals surface area contributed by atoms with Crippen LogP contribution in [0.1, 0.15) is 29.5 Å². The summed E-state index contributed by atoms with van der Waals surface area (Å²) in [5, 5.41) is 18.2. The molecule has 2 rings (SSSR count). The molecule has 0 heterocycles. The minimum absolute atomic E-state index is 0.0879. The van der Waals surface area contributed by atoms with Crippen LogP contribution in [0, 0.1) is 11.3 Å². The number of aliphatic hydroxyl groups excluding tert-OH is 1. The van der Waals surface area contributed by atoms with Crippen molar-refractivity contribution >= 4 is 0 Å². The Kier molecular flexibility index (Phi) is 4.75. The maximum absolute atomic E-state index is 9.18. The summed E-state index contributed by atoms with van der Waals surface area (Å²) in [5.41, 5.74) is 2.54. The Hall–Kier alpha value is -2.31. The molecule has 1 N–H and O–H groups in total. The molecular weight excluding hydrogens is 250 g/mol. The molecule has 0 aliphatic rings. The van der Waals surface area contributed by atoms with E-state index in [9.17, 15) is 5.11 Å². The first-order chi connectivity index (χ1) is 9.74. The van der Waals surface area contributed by atoms with Crippen LogP contribution in [-0.4, -0.2) is 11.7 Å². The van der Waals surface area contributed by atoms with E-state index in [2.05, 4.69) is 6.07 Å². The van der Waals surface area contributed by atoms with Crippen LogP contribution in [0.3, 0.4) is 0 Å². The molecule has 0 aliphatic heterocycles. The molecule has 0 fully saturated rings. The first-order valence-electron chi connectivity index (χ1n) is 6.56. The highest BCUT2D eigenvalue weighted by atomic mass is 16.5. The normalized spacial score (nSPS) is 11.7. The summed E-state index contributed by atoms with van der Waals surface area (Å²) in [7, 11) is 0. The maximum Gasteiger partial charge on any atom is 0.120 e. The second-order valence-electron chi connectivity index (χ2n) is 4.71. The highest BCUT2D eigenvalue weighted by Crippen LogP contribution is 2.21. The first-order valence-corrected chi connectivity index (χ1v) is 6.56. The van der Waals surface area contributed by atoms with E-state index in [4.69, 9.17) is 10.00 Å². The van der Waals surface area contributed by atoms with E-state index >= 15 is 0 Å². The molecular formula is C17H17NO2. The lowest BCUT2D eigenvalue weighted by atomic mass is 10.0. The molecule has 0 bridgehead atoms. The van der Waals surface area contributed by atoms with E-state index in [0.717, 1.165) is 16.9 Å². The Morgan fingerprint density at radius 3 is 2.75 bits per heavy atom. The predicted molar refractivity (Wildman–Crippen MR) is 77.4 cm³/mol. The van der Waals surface area contributed by atoms with Gasteiger partial charge in [0.15, 0.2) is 0 Å². The molecule has 3 heteroatoms. The van der Waals surface area contributed by atoms with Gasteiger partial charge in [0.05, 0.1) is 11.6 Å². The molecule has 1 unspecified atom stereocenters. The molecule has 2 aromatic carbocycles. The Balaban J connectivity index is 2.10. The van der Waals surface area contributed by atoms with Gasteiger partial charge in [-0.2, -0.15) is 5.26 Å². The number of hydrogen-bond donors (Lipinski definition) is 1. The van der Waals surface area contributed by atoms with Crippen molar-refractivity contribution in [2.24, 2.45) is 0 Å². The van der Waals surface area contributed by atoms with Crippen molar-refractivity contribution in [3.05, 3.63) is 65.2 Å². The molecule has 0 amide bonds. The second kappa shape index (κ2) is 6.74. The number of benzene rings is 2. The van der Waals surface area contributed by atoms with Crippen LogP contribution in [0.25, 0.3) is 0 Å². The average Bonchev–Trinajstić information content (AvgIpc) is 2.52. The second-order valence-corrected chi connectivity index (χ2v) is 4.71. The highest BCUT2D eigenvalue weighted by molar-refractivity contribution is 5.37. The summed E-state index contributed by atoms with van der Waals surface area (Å²) in [5.74, 6) is 0.834. The van der Waals surface area contributed by atoms with Crippen LogP contribution in [0.15, 0.2) is 48.5 Å². The van der Waals surface area contributed by atoms with Crippen molar-refractivity contribution in [2.75, 3.05) is 6.61 Å². The third-order valence-electron chi connectivity index (χ3n) is 3.23. The molecule has 1 atom stereocenters. The topological polar surface area (TPSA) is 53.2 Å². The molecule has 0 saturated heterocycles. The van der Waals surface area contributed by atoms with Crippen LogP contribution in [0.5, 0.6) is 5.75 Å². The molecule has 102 valence electrons. The van der Waals surface area contributed by atoms with Crippen molar-refractivity contribution in [1.29, 1.82) is 5.26 Å². The number of hydrogen-bond acceptors (Lipinski definition) is 3. The molecule has 0 radical (unpaired) electrons. The van der Waals surface area contributed by atoms with Crippen LogP contribution in [-0.2, 0) is 6.61 Å². The summed E-state index contributed by atoms with van der Waals surface area (Å²) in [6.45, 7) is 2.44. The third kappa shape index (κ3) is 3.37. The van der Waals surface area contributed by atoms with Gasteiger partial charge in [-0.3, -0.25) is 0 Å². The number of rotatable bonds is 5. The fourth-order valence-electron chi connectivity index (χ4n) is 1.93. The summed E-state index contributed by atoms with van der Waals surface area (Å²) in [4.78, 5) is 0. The summed E-state index contributed by atoms with van der Waals surface area (Å²) >= 11 is 0. The average molecular weight is 267 g/mol. The monoisotopic (exact) mass is 267 g/mol. The van der Waals surface area contributed by atoms with Crippen molar-refractivity contribution < 1.29 is 9.84 Å². The zero-order valence-corrected chi connectivity index (χ0v) is 11.4. The number of ether oxygens (including phenoxy) is 1. The van der Waals surface area contributed by atoms with Crippen molar-refractivity contribution in [2.45, 2.75) is 19.4 Å². The van der Waals surface area contributed by atoms with E-state index in [-0.39, 0.29) is 12.5 Å². The molecule has 0 saturated carbocycles. The zero-order valence-electron chi connectivity index (χ0n) is 11.4. The maximum atomic E-state index is 9.18. The van der Waals surface area contributed by atoms with Gasteiger partial charge in [-0.05, 0) is 23.8 Å². The van der Waals surface area contributed by atoms with Gasteiger partial charge < -0.3 is 9.84 Å². The molecule has 0 aliphatic carbocycles. The van der Waals surface area contributed by atoms with Crippen LogP contribution in [0.4, 0.5) is 0 Å². The Morgan fingerprint density at radius 2 is 2.00 bits per heavy atom. The minimum Gasteiger partial charge on any atom is -0.489 e. The SMILES string of the molecule is CC(CO)c1cccc(OCc2ccccc2C#N)c1. The largest absolute Gasteiger partial charge is 0.489 e. The van der Waals surface area contributed by atoms with Crippen molar-refractivity contribution in [3.63, 3.8) is 0 Å². The summed E-state index contributed by atoms with van der Waals surface area (Å²) < 4.78 is 5.74. The fraction of sp³-hybridized carbons (Fsp3) is 0.235. The standard InChI is InChI=1S/C17H17NO2/c1-13(11-19)14-7-4-8-17(9-14)20-12-16-6-3-2-5-15(16)10-18/h2-9,13,19H,11-12H2,1H3. The molecule has 0 aromatic heterocycles. The van der Waals surface area contributed by atoms with Crippen molar-refractivity contribution in [1.82, 2.24) is 0 Å². The Labute approximate surface area is 119 Å². The molecule has 2 aromatic rings. The quantitative estimate of drug-likeness (QED) is 0.904. The van der Waals surface area contributed by atoms with Crippen LogP contribution >= 0.6 is 0 Å². The lowest BCUT2D eigenvalue weighted by molar-refractivity contribution is 0.272. The van der Waals surface area contributed by atoms with E-state index in [1.165, 1.54) is 0 Å². The lowest BCUT2D eigenvalue weighted by Crippen LogP contribution is -2.01. The molecule has 0 spiro atoms. The van der Waals surface area contributed by atoms with Crippen LogP contribution < -0.4 is 4.74 Å². The van der Waals surface area contributed by atoms with Gasteiger partial charge in [0, 0.05) is 18.1 Å². The van der Waals surface area contributed by atoms with Gasteiger partial charge in [-0.25, -0.2) is 0 Å². The lowest BCUT2D eigenvalue weighted by Gasteiger charge is -2.12. The number of aliphatic hydroxyl groups is 1. The third-order valence-corrected chi connectivity index (χ3v) is 3.23. The van der Waals surface area contributed by atoms with E-state index < -0.39 is 0 Å². The van der Waals surface area contributed by atoms with Gasteiger partial charge in [0.2, 0.25) is 0 Å². The Morgan fingerprint density at radius 1 is 1.20 bits per heavy atom. The van der Waals surface area contributed by atoms with Crippen molar-refractivity contribution in [3.8, 4) is 11.8 Å². The number of nitriles is 1. The van der Waals surface area contributed by atoms with Crippen LogP contribution in [0.2, 0.25) is 0 Å². The van der Waals surface area contributed by atoms with E-state index in [1.807, 2.05) is 49.4 Å². The molecule has 3 nitrogen and oxygen atoms in total. The highest BCUT2D eigenvalue weighted by Gasteiger charge is 2.06. The summed E-state index contributed by atoms with van der Waals surface area (Å²) in [6, 6.07) is 17.2. The minimum atomic E-state index is 0.0879. The van der Waals surface area contributed by atoms with Gasteiger partial charge in [0.1, 0.15) is 12.4 Å². The first kappa shape index (κ1) is 14.1. The van der Waals surface area contributed by atoms with Gasteiger partial charge in [0.25, 0.3) is 0 Å². The van der Waals surface area contributed by atoms with Gasteiger partial charge in [-0.1, -0.05) is 37.3 Å². The zero-order chi connectivity index (χ0) is 14.4. The van der Waals surface area contributed by atoms with E-state index in [1.54, 1.807) is 6.07 Å². The predicted octanol–water partition coefficient (Wildman–Crippen LogP) is 3.23. The fourth-order valence-corrected chi connectivity index (χ4v) is 1.93. The number of nitrogens with zero attached hydrogens (tertiary/aromatic N) is 1. The smallest absolute Gasteiger partial charge is 0.120 e. The van der Waals surface area contributed by atoms with E-state index in [0.29, 0.717) is 12.2 Å². The van der Waals surface area contributed by atoms with Gasteiger partial charge in [-0.15, -0.1) is 0 Å². The molecule has 20 heavy (non-hydrogen) atoms. The Bertz CT molecular complexity index is 616. The van der Waals surface area contributed by atoms with Gasteiger partial charge >= 0.3 is 0 Å².